The Morgan fingerprint density at radius 1 is 0.833 bits per heavy atom. The van der Waals surface area contributed by atoms with Crippen molar-refractivity contribution in [3.8, 4) is 0 Å². The molecule has 0 aromatic heterocycles. The number of carboxylic acids is 1. The van der Waals surface area contributed by atoms with Gasteiger partial charge in [0.2, 0.25) is 23.6 Å². The summed E-state index contributed by atoms with van der Waals surface area (Å²) in [7, 11) is 0. The number of carbonyl (C=O) groups is 5. The standard InChI is InChI=1S/C20H39N9O7/c1-10(30)15(23)18(34)27-11(6-4-8-26-20(24)25)16(32)29-13(9-14(22)31)17(33)28-12(19(35)36)5-2-3-7-21/h10-13,15,30H,2-9,21,23H2,1H3,(H2,22,31)(H,27,34)(H,28,33)(H,29,32)(H,35,36)(H4,24,25,26). The quantitative estimate of drug-likeness (QED) is 0.0467. The summed E-state index contributed by atoms with van der Waals surface area (Å²) in [4.78, 5) is 64.8. The molecule has 15 N–H and O–H groups in total. The number of aliphatic imine (C=N–C) groups is 1. The van der Waals surface area contributed by atoms with Gasteiger partial charge in [-0.1, -0.05) is 0 Å². The first-order valence-corrected chi connectivity index (χ1v) is 11.4. The molecule has 0 rings (SSSR count). The minimum absolute atomic E-state index is 0.00261. The SMILES string of the molecule is CC(O)C(N)C(=O)NC(CCCN=C(N)N)C(=O)NC(CC(N)=O)C(=O)NC(CCCCN)C(=O)O. The van der Waals surface area contributed by atoms with Gasteiger partial charge in [0.15, 0.2) is 5.96 Å². The largest absolute Gasteiger partial charge is 0.480 e. The number of amides is 4. The number of rotatable bonds is 18. The van der Waals surface area contributed by atoms with Gasteiger partial charge in [0, 0.05) is 6.54 Å². The Morgan fingerprint density at radius 2 is 1.36 bits per heavy atom. The lowest BCUT2D eigenvalue weighted by Crippen LogP contribution is -2.58. The van der Waals surface area contributed by atoms with E-state index >= 15 is 0 Å². The Hall–Kier alpha value is -3.50. The highest BCUT2D eigenvalue weighted by Crippen LogP contribution is 2.05. The van der Waals surface area contributed by atoms with Crippen LogP contribution in [0.2, 0.25) is 0 Å². The summed E-state index contributed by atoms with van der Waals surface area (Å²) in [5, 5.41) is 25.9. The van der Waals surface area contributed by atoms with Gasteiger partial charge < -0.3 is 54.8 Å². The zero-order valence-corrected chi connectivity index (χ0v) is 20.3. The molecule has 0 aromatic rings. The van der Waals surface area contributed by atoms with Crippen molar-refractivity contribution in [3.63, 3.8) is 0 Å². The predicted octanol–water partition coefficient (Wildman–Crippen LogP) is -4.71. The molecule has 0 saturated heterocycles. The van der Waals surface area contributed by atoms with E-state index in [9.17, 15) is 34.2 Å². The van der Waals surface area contributed by atoms with Crippen molar-refractivity contribution < 1.29 is 34.2 Å². The van der Waals surface area contributed by atoms with Gasteiger partial charge in [-0.05, 0) is 45.6 Å². The maximum atomic E-state index is 12.9. The Kier molecular flexibility index (Phi) is 15.4. The fraction of sp³-hybridized carbons (Fsp3) is 0.700. The molecule has 0 radical (unpaired) electrons. The first-order chi connectivity index (χ1) is 16.8. The minimum atomic E-state index is -1.52. The smallest absolute Gasteiger partial charge is 0.326 e. The molecule has 16 heteroatoms. The molecule has 0 bridgehead atoms. The molecule has 0 saturated carbocycles. The van der Waals surface area contributed by atoms with Crippen LogP contribution >= 0.6 is 0 Å². The van der Waals surface area contributed by atoms with Gasteiger partial charge in [-0.25, -0.2) is 4.79 Å². The van der Waals surface area contributed by atoms with E-state index in [2.05, 4.69) is 20.9 Å². The van der Waals surface area contributed by atoms with Crippen molar-refractivity contribution in [2.75, 3.05) is 13.1 Å². The van der Waals surface area contributed by atoms with Gasteiger partial charge in [-0.15, -0.1) is 0 Å². The van der Waals surface area contributed by atoms with Gasteiger partial charge in [-0.2, -0.15) is 0 Å². The minimum Gasteiger partial charge on any atom is -0.480 e. The Labute approximate surface area is 208 Å². The third-order valence-corrected chi connectivity index (χ3v) is 5.00. The lowest BCUT2D eigenvalue weighted by molar-refractivity contribution is -0.142. The molecule has 0 aromatic carbocycles. The van der Waals surface area contributed by atoms with Crippen molar-refractivity contribution in [2.45, 2.75) is 75.7 Å². The number of nitrogens with zero attached hydrogens (tertiary/aromatic N) is 1. The summed E-state index contributed by atoms with van der Waals surface area (Å²) in [6.07, 6.45) is -0.566. The van der Waals surface area contributed by atoms with Crippen LogP contribution < -0.4 is 44.6 Å². The van der Waals surface area contributed by atoms with Gasteiger partial charge in [-0.3, -0.25) is 24.2 Å². The van der Waals surface area contributed by atoms with E-state index in [1.165, 1.54) is 6.92 Å². The molecule has 5 atom stereocenters. The first-order valence-electron chi connectivity index (χ1n) is 11.4. The van der Waals surface area contributed by atoms with Crippen LogP contribution in [-0.4, -0.2) is 89.1 Å². The molecule has 0 aliphatic rings. The molecule has 0 spiro atoms. The molecule has 0 aliphatic carbocycles. The number of aliphatic carboxylic acids is 1. The number of nitrogens with two attached hydrogens (primary N) is 5. The second kappa shape index (κ2) is 17.0. The van der Waals surface area contributed by atoms with Gasteiger partial charge in [0.1, 0.15) is 24.2 Å². The van der Waals surface area contributed by atoms with E-state index in [1.54, 1.807) is 0 Å². The van der Waals surface area contributed by atoms with E-state index in [0.29, 0.717) is 19.4 Å². The molecule has 0 fully saturated rings. The Morgan fingerprint density at radius 3 is 1.86 bits per heavy atom. The molecule has 36 heavy (non-hydrogen) atoms. The molecular formula is C20H39N9O7. The van der Waals surface area contributed by atoms with Crippen LogP contribution in [0.3, 0.4) is 0 Å². The topological polar surface area (TPSA) is 304 Å². The molecule has 5 unspecified atom stereocenters. The third kappa shape index (κ3) is 13.4. The number of carbonyl (C=O) groups excluding carboxylic acids is 4. The van der Waals surface area contributed by atoms with Crippen LogP contribution in [0.5, 0.6) is 0 Å². The number of aliphatic hydroxyl groups excluding tert-OH is 1. The number of hydrogen-bond donors (Lipinski definition) is 10. The molecule has 16 nitrogen and oxygen atoms in total. The number of carboxylic acid groups (broad SMARTS) is 1. The number of aliphatic hydroxyl groups is 1. The lowest BCUT2D eigenvalue weighted by atomic mass is 10.1. The number of guanidine groups is 1. The lowest BCUT2D eigenvalue weighted by Gasteiger charge is -2.25. The zero-order chi connectivity index (χ0) is 27.8. The summed E-state index contributed by atoms with van der Waals surface area (Å²) in [6.45, 7) is 1.76. The highest BCUT2D eigenvalue weighted by Gasteiger charge is 2.31. The van der Waals surface area contributed by atoms with Crippen LogP contribution in [0.15, 0.2) is 4.99 Å². The second-order valence-electron chi connectivity index (χ2n) is 8.19. The maximum absolute atomic E-state index is 12.9. The van der Waals surface area contributed by atoms with Gasteiger partial charge >= 0.3 is 5.97 Å². The first kappa shape index (κ1) is 32.5. The maximum Gasteiger partial charge on any atom is 0.326 e. The molecule has 206 valence electrons. The second-order valence-corrected chi connectivity index (χ2v) is 8.19. The van der Waals surface area contributed by atoms with E-state index in [1.807, 2.05) is 0 Å². The van der Waals surface area contributed by atoms with Gasteiger partial charge in [0.25, 0.3) is 0 Å². The summed E-state index contributed by atoms with van der Waals surface area (Å²) < 4.78 is 0. The number of nitrogens with one attached hydrogen (secondary N) is 3. The molecular weight excluding hydrogens is 478 g/mol. The van der Waals surface area contributed by atoms with Crippen LogP contribution in [0.25, 0.3) is 0 Å². The van der Waals surface area contributed by atoms with E-state index in [4.69, 9.17) is 28.7 Å². The van der Waals surface area contributed by atoms with E-state index in [0.717, 1.165) is 0 Å². The van der Waals surface area contributed by atoms with Crippen molar-refractivity contribution in [1.29, 1.82) is 0 Å². The fourth-order valence-electron chi connectivity index (χ4n) is 2.96. The predicted molar refractivity (Wildman–Crippen MR) is 130 cm³/mol. The average Bonchev–Trinajstić information content (AvgIpc) is 2.78. The monoisotopic (exact) mass is 517 g/mol. The zero-order valence-electron chi connectivity index (χ0n) is 20.3. The molecule has 0 aliphatic heterocycles. The molecule has 4 amide bonds. The summed E-state index contributed by atoms with van der Waals surface area (Å²) in [5.41, 5.74) is 26.7. The van der Waals surface area contributed by atoms with Crippen LogP contribution in [0, 0.1) is 0 Å². The van der Waals surface area contributed by atoms with Crippen molar-refractivity contribution in [3.05, 3.63) is 0 Å². The van der Waals surface area contributed by atoms with E-state index in [-0.39, 0.29) is 31.8 Å². The number of primary amides is 1. The third-order valence-electron chi connectivity index (χ3n) is 5.00. The van der Waals surface area contributed by atoms with Crippen molar-refractivity contribution in [1.82, 2.24) is 16.0 Å². The van der Waals surface area contributed by atoms with Crippen molar-refractivity contribution in [2.24, 2.45) is 33.7 Å². The van der Waals surface area contributed by atoms with E-state index < -0.39 is 66.3 Å². The average molecular weight is 518 g/mol. The fourth-order valence-corrected chi connectivity index (χ4v) is 2.96. The van der Waals surface area contributed by atoms with Gasteiger partial charge in [0.05, 0.1) is 12.5 Å². The highest BCUT2D eigenvalue weighted by atomic mass is 16.4. The number of unbranched alkanes of at least 4 members (excludes halogenated alkanes) is 1. The van der Waals surface area contributed by atoms with Crippen LogP contribution in [0.4, 0.5) is 0 Å². The van der Waals surface area contributed by atoms with Crippen LogP contribution in [0.1, 0.15) is 45.4 Å². The van der Waals surface area contributed by atoms with Crippen LogP contribution in [-0.2, 0) is 24.0 Å². The Balaban J connectivity index is 5.58. The highest BCUT2D eigenvalue weighted by molar-refractivity contribution is 5.96. The molecule has 0 heterocycles. The van der Waals surface area contributed by atoms with Crippen molar-refractivity contribution >= 4 is 35.6 Å². The summed E-state index contributed by atoms with van der Waals surface area (Å²) >= 11 is 0. The number of hydrogen-bond acceptors (Lipinski definition) is 9. The normalized spacial score (nSPS) is 14.9. The summed E-state index contributed by atoms with van der Waals surface area (Å²) in [5.74, 6) is -5.07. The Bertz CT molecular complexity index is 787. The summed E-state index contributed by atoms with van der Waals surface area (Å²) in [6, 6.07) is -5.39.